The molecule has 3 heterocycles. The third-order valence-corrected chi connectivity index (χ3v) is 6.08. The Morgan fingerprint density at radius 1 is 0.935 bits per heavy atom. The highest BCUT2D eigenvalue weighted by Gasteiger charge is 2.28. The van der Waals surface area contributed by atoms with Crippen LogP contribution in [-0.2, 0) is 11.2 Å². The zero-order valence-electron chi connectivity index (χ0n) is 18.1. The molecule has 0 spiro atoms. The van der Waals surface area contributed by atoms with Crippen LogP contribution >= 0.6 is 0 Å². The lowest BCUT2D eigenvalue weighted by atomic mass is 10.1. The first-order chi connectivity index (χ1) is 15.2. The Hall–Kier alpha value is -3.09. The molecule has 0 bridgehead atoms. The smallest absolute Gasteiger partial charge is 0.257 e. The van der Waals surface area contributed by atoms with Gasteiger partial charge in [-0.25, -0.2) is 4.98 Å². The molecule has 7 heteroatoms. The standard InChI is InChI=1S/C24H30N4O3/c1-31-20-8-5-7-19(17-20)18-22(29)26-13-15-28(16-14-26)24(30)21-9-6-10-25-23(21)27-11-3-2-4-12-27/h5-10,17H,2-4,11-16,18H2,1H3. The fourth-order valence-electron chi connectivity index (χ4n) is 4.32. The number of hydrogen-bond acceptors (Lipinski definition) is 5. The number of aromatic nitrogens is 1. The molecule has 0 aliphatic carbocycles. The normalized spacial score (nSPS) is 16.9. The number of anilines is 1. The molecule has 2 aliphatic rings. The summed E-state index contributed by atoms with van der Waals surface area (Å²) in [6.07, 6.45) is 5.61. The summed E-state index contributed by atoms with van der Waals surface area (Å²) in [5.74, 6) is 1.63. The lowest BCUT2D eigenvalue weighted by molar-refractivity contribution is -0.131. The average Bonchev–Trinajstić information content (AvgIpc) is 2.84. The van der Waals surface area contributed by atoms with Crippen LogP contribution in [0.25, 0.3) is 0 Å². The van der Waals surface area contributed by atoms with Crippen LogP contribution in [0.5, 0.6) is 5.75 Å². The highest BCUT2D eigenvalue weighted by Crippen LogP contribution is 2.23. The van der Waals surface area contributed by atoms with Gasteiger partial charge in [0.15, 0.2) is 0 Å². The highest BCUT2D eigenvalue weighted by molar-refractivity contribution is 5.99. The largest absolute Gasteiger partial charge is 0.497 e. The van der Waals surface area contributed by atoms with Crippen molar-refractivity contribution in [1.29, 1.82) is 0 Å². The first kappa shape index (κ1) is 21.2. The summed E-state index contributed by atoms with van der Waals surface area (Å²) in [4.78, 5) is 36.4. The van der Waals surface area contributed by atoms with E-state index in [9.17, 15) is 9.59 Å². The Balaban J connectivity index is 1.36. The van der Waals surface area contributed by atoms with E-state index < -0.39 is 0 Å². The molecule has 2 aliphatic heterocycles. The molecule has 0 unspecified atom stereocenters. The van der Waals surface area contributed by atoms with E-state index in [1.807, 2.05) is 46.2 Å². The van der Waals surface area contributed by atoms with E-state index >= 15 is 0 Å². The molecule has 4 rings (SSSR count). The van der Waals surface area contributed by atoms with Crippen LogP contribution in [0.1, 0.15) is 35.2 Å². The second-order valence-corrected chi connectivity index (χ2v) is 8.12. The van der Waals surface area contributed by atoms with Crippen molar-refractivity contribution in [2.45, 2.75) is 25.7 Å². The molecule has 2 amide bonds. The van der Waals surface area contributed by atoms with Gasteiger partial charge < -0.3 is 19.4 Å². The number of nitrogens with zero attached hydrogens (tertiary/aromatic N) is 4. The molecule has 164 valence electrons. The Labute approximate surface area is 183 Å². The molecule has 2 aromatic rings. The highest BCUT2D eigenvalue weighted by atomic mass is 16.5. The van der Waals surface area contributed by atoms with Crippen LogP contribution in [0.3, 0.4) is 0 Å². The van der Waals surface area contributed by atoms with Crippen molar-refractivity contribution in [3.63, 3.8) is 0 Å². The van der Waals surface area contributed by atoms with Gasteiger partial charge in [-0.05, 0) is 49.1 Å². The number of piperazine rings is 1. The van der Waals surface area contributed by atoms with Crippen LogP contribution in [0.4, 0.5) is 5.82 Å². The minimum absolute atomic E-state index is 0.00793. The summed E-state index contributed by atoms with van der Waals surface area (Å²) < 4.78 is 5.24. The van der Waals surface area contributed by atoms with Gasteiger partial charge in [-0.1, -0.05) is 12.1 Å². The Morgan fingerprint density at radius 3 is 2.42 bits per heavy atom. The van der Waals surface area contributed by atoms with Crippen molar-refractivity contribution in [1.82, 2.24) is 14.8 Å². The topological polar surface area (TPSA) is 66.0 Å². The van der Waals surface area contributed by atoms with Gasteiger partial charge in [0.1, 0.15) is 11.6 Å². The summed E-state index contributed by atoms with van der Waals surface area (Å²) in [6.45, 7) is 4.07. The lowest BCUT2D eigenvalue weighted by Gasteiger charge is -2.36. The Kier molecular flexibility index (Phi) is 6.70. The lowest BCUT2D eigenvalue weighted by Crippen LogP contribution is -2.51. The monoisotopic (exact) mass is 422 g/mol. The van der Waals surface area contributed by atoms with E-state index in [1.54, 1.807) is 13.3 Å². The summed E-state index contributed by atoms with van der Waals surface area (Å²) in [7, 11) is 1.62. The van der Waals surface area contributed by atoms with Gasteiger partial charge in [0.2, 0.25) is 5.91 Å². The third-order valence-electron chi connectivity index (χ3n) is 6.08. The van der Waals surface area contributed by atoms with E-state index in [2.05, 4.69) is 9.88 Å². The van der Waals surface area contributed by atoms with Gasteiger partial charge in [0.25, 0.3) is 5.91 Å². The number of piperidine rings is 1. The van der Waals surface area contributed by atoms with Gasteiger partial charge in [-0.2, -0.15) is 0 Å². The molecule has 31 heavy (non-hydrogen) atoms. The molecule has 2 saturated heterocycles. The molecule has 0 saturated carbocycles. The van der Waals surface area contributed by atoms with Gasteiger partial charge in [0, 0.05) is 45.5 Å². The van der Waals surface area contributed by atoms with Gasteiger partial charge in [-0.3, -0.25) is 9.59 Å². The van der Waals surface area contributed by atoms with E-state index in [0.717, 1.165) is 43.1 Å². The molecular formula is C24H30N4O3. The average molecular weight is 423 g/mol. The number of methoxy groups -OCH3 is 1. The summed E-state index contributed by atoms with van der Waals surface area (Å²) in [5, 5.41) is 0. The molecular weight excluding hydrogens is 392 g/mol. The minimum Gasteiger partial charge on any atom is -0.497 e. The Bertz CT molecular complexity index is 919. The van der Waals surface area contributed by atoms with Crippen molar-refractivity contribution in [2.24, 2.45) is 0 Å². The van der Waals surface area contributed by atoms with Crippen LogP contribution in [-0.4, -0.2) is 73.0 Å². The maximum atomic E-state index is 13.2. The molecule has 2 fully saturated rings. The van der Waals surface area contributed by atoms with Crippen molar-refractivity contribution in [3.8, 4) is 5.75 Å². The first-order valence-electron chi connectivity index (χ1n) is 11.1. The number of benzene rings is 1. The van der Waals surface area contributed by atoms with Gasteiger partial charge >= 0.3 is 0 Å². The first-order valence-corrected chi connectivity index (χ1v) is 11.1. The van der Waals surface area contributed by atoms with Crippen molar-refractivity contribution < 1.29 is 14.3 Å². The van der Waals surface area contributed by atoms with E-state index in [4.69, 9.17) is 4.74 Å². The maximum absolute atomic E-state index is 13.2. The van der Waals surface area contributed by atoms with Crippen molar-refractivity contribution >= 4 is 17.6 Å². The van der Waals surface area contributed by atoms with Crippen LogP contribution < -0.4 is 9.64 Å². The SMILES string of the molecule is COc1cccc(CC(=O)N2CCN(C(=O)c3cccnc3N3CCCCC3)CC2)c1. The molecule has 1 aromatic heterocycles. The van der Waals surface area contributed by atoms with Crippen LogP contribution in [0, 0.1) is 0 Å². The Morgan fingerprint density at radius 2 is 1.68 bits per heavy atom. The molecule has 7 nitrogen and oxygen atoms in total. The third kappa shape index (κ3) is 4.98. The van der Waals surface area contributed by atoms with Gasteiger partial charge in [0.05, 0.1) is 19.1 Å². The quantitative estimate of drug-likeness (QED) is 0.741. The molecule has 0 N–H and O–H groups in total. The van der Waals surface area contributed by atoms with Crippen molar-refractivity contribution in [2.75, 3.05) is 51.3 Å². The summed E-state index contributed by atoms with van der Waals surface area (Å²) >= 11 is 0. The fraction of sp³-hybridized carbons (Fsp3) is 0.458. The maximum Gasteiger partial charge on any atom is 0.257 e. The predicted molar refractivity (Wildman–Crippen MR) is 119 cm³/mol. The second kappa shape index (κ2) is 9.81. The zero-order chi connectivity index (χ0) is 21.6. The number of ether oxygens (including phenoxy) is 1. The molecule has 0 atom stereocenters. The second-order valence-electron chi connectivity index (χ2n) is 8.12. The fourth-order valence-corrected chi connectivity index (χ4v) is 4.32. The summed E-state index contributed by atoms with van der Waals surface area (Å²) in [6, 6.07) is 11.3. The summed E-state index contributed by atoms with van der Waals surface area (Å²) in [5.41, 5.74) is 1.60. The van der Waals surface area contributed by atoms with Gasteiger partial charge in [-0.15, -0.1) is 0 Å². The number of rotatable bonds is 5. The number of carbonyl (C=O) groups excluding carboxylic acids is 2. The number of pyridine rings is 1. The number of amides is 2. The minimum atomic E-state index is 0.00793. The van der Waals surface area contributed by atoms with E-state index in [-0.39, 0.29) is 11.8 Å². The molecule has 0 radical (unpaired) electrons. The van der Waals surface area contributed by atoms with Crippen molar-refractivity contribution in [3.05, 3.63) is 53.7 Å². The zero-order valence-corrected chi connectivity index (χ0v) is 18.1. The van der Waals surface area contributed by atoms with E-state index in [1.165, 1.54) is 6.42 Å². The van der Waals surface area contributed by atoms with Crippen LogP contribution in [0.15, 0.2) is 42.6 Å². The molecule has 1 aromatic carbocycles. The number of carbonyl (C=O) groups is 2. The van der Waals surface area contributed by atoms with E-state index in [0.29, 0.717) is 38.2 Å². The number of hydrogen-bond donors (Lipinski definition) is 0. The van der Waals surface area contributed by atoms with Crippen LogP contribution in [0.2, 0.25) is 0 Å². The predicted octanol–water partition coefficient (Wildman–Crippen LogP) is 2.61.